The van der Waals surface area contributed by atoms with Crippen LogP contribution in [0.1, 0.15) is 157 Å². The van der Waals surface area contributed by atoms with E-state index in [0.29, 0.717) is 0 Å². The molecule has 0 rings (SSSR count). The van der Waals surface area contributed by atoms with Crippen molar-refractivity contribution >= 4 is 0 Å². The topological polar surface area (TPSA) is 0 Å². The van der Waals surface area contributed by atoms with E-state index in [1.165, 1.54) is 177 Å². The molecule has 0 saturated carbocycles. The Morgan fingerprint density at radius 1 is 0.250 bits per heavy atom. The molecule has 0 radical (unpaired) electrons. The summed E-state index contributed by atoms with van der Waals surface area (Å²) < 4.78 is 2.86. The van der Waals surface area contributed by atoms with E-state index in [1.807, 2.05) is 0 Å². The lowest BCUT2D eigenvalue weighted by Crippen LogP contribution is -3.00. The molecule has 0 fully saturated rings. The summed E-state index contributed by atoms with van der Waals surface area (Å²) >= 11 is 0. The molecule has 0 aliphatic heterocycles. The van der Waals surface area contributed by atoms with Crippen molar-refractivity contribution < 1.29 is 42.9 Å². The highest BCUT2D eigenvalue weighted by Crippen LogP contribution is 2.20. The molecule has 0 spiro atoms. The molecule has 0 unspecified atom stereocenters. The second kappa shape index (κ2) is 28.9. The molecule has 0 amide bonds. The first-order chi connectivity index (χ1) is 16.6. The van der Waals surface area contributed by atoms with E-state index in [-0.39, 0.29) is 34.0 Å². The fourth-order valence-corrected chi connectivity index (χ4v) is 5.90. The Kier molecular flexibility index (Phi) is 33.2. The van der Waals surface area contributed by atoms with Crippen molar-refractivity contribution in [2.24, 2.45) is 0 Å². The Labute approximate surface area is 251 Å². The van der Waals surface area contributed by atoms with Gasteiger partial charge in [0, 0.05) is 0 Å². The monoisotopic (exact) mass is 640 g/mol. The summed E-state index contributed by atoms with van der Waals surface area (Å²) in [5.74, 6) is 0. The average Bonchev–Trinajstić information content (AvgIpc) is 2.86. The van der Waals surface area contributed by atoms with Crippen molar-refractivity contribution in [3.8, 4) is 0 Å². The van der Waals surface area contributed by atoms with Crippen LogP contribution in [0.2, 0.25) is 0 Å². The maximum atomic E-state index is 2.37. The predicted octanol–water partition coefficient (Wildman–Crippen LogP) is 3.77. The fourth-order valence-electron chi connectivity index (χ4n) is 5.90. The van der Waals surface area contributed by atoms with E-state index >= 15 is 0 Å². The van der Waals surface area contributed by atoms with Crippen molar-refractivity contribution in [1.82, 2.24) is 0 Å². The van der Waals surface area contributed by atoms with Gasteiger partial charge in [0.05, 0.1) is 52.4 Å². The van der Waals surface area contributed by atoms with E-state index in [9.17, 15) is 0 Å². The number of halogens is 2. The van der Waals surface area contributed by atoms with Crippen molar-refractivity contribution in [2.75, 3.05) is 52.4 Å². The largest absolute Gasteiger partial charge is 1.00 e. The van der Waals surface area contributed by atoms with Crippen molar-refractivity contribution in [2.45, 2.75) is 157 Å². The minimum Gasteiger partial charge on any atom is -1.00 e. The van der Waals surface area contributed by atoms with Crippen LogP contribution in [0.3, 0.4) is 0 Å². The first-order valence-electron chi connectivity index (χ1n) is 16.3. The van der Waals surface area contributed by atoms with E-state index in [0.717, 1.165) is 0 Å². The van der Waals surface area contributed by atoms with Gasteiger partial charge < -0.3 is 42.9 Å². The number of hydrogen-bond acceptors (Lipinski definition) is 0. The van der Waals surface area contributed by atoms with Gasteiger partial charge in [-0.1, -0.05) is 92.9 Å². The maximum absolute atomic E-state index is 2.37. The summed E-state index contributed by atoms with van der Waals surface area (Å²) in [6, 6.07) is 0. The molecule has 0 saturated heterocycles. The van der Waals surface area contributed by atoms with Gasteiger partial charge in [-0.3, -0.25) is 0 Å². The molecule has 0 aromatic carbocycles. The van der Waals surface area contributed by atoms with E-state index in [2.05, 4.69) is 41.5 Å². The molecule has 2 nitrogen and oxygen atoms in total. The summed E-state index contributed by atoms with van der Waals surface area (Å²) in [6.45, 7) is 25.7. The minimum absolute atomic E-state index is 0. The van der Waals surface area contributed by atoms with E-state index in [1.54, 1.807) is 0 Å². The van der Waals surface area contributed by atoms with Gasteiger partial charge in [0.2, 0.25) is 0 Å². The number of nitrogens with zero attached hydrogens (tertiary/aromatic N) is 2. The molecule has 0 aliphatic carbocycles. The Morgan fingerprint density at radius 2 is 0.417 bits per heavy atom. The van der Waals surface area contributed by atoms with Crippen molar-refractivity contribution in [3.63, 3.8) is 0 Å². The van der Waals surface area contributed by atoms with E-state index < -0.39 is 0 Å². The highest BCUT2D eigenvalue weighted by Gasteiger charge is 2.26. The molecule has 4 heteroatoms. The van der Waals surface area contributed by atoms with Gasteiger partial charge in [-0.25, -0.2) is 0 Å². The van der Waals surface area contributed by atoms with Crippen LogP contribution in [0.15, 0.2) is 0 Å². The lowest BCUT2D eigenvalue weighted by Gasteiger charge is -2.39. The van der Waals surface area contributed by atoms with Crippen LogP contribution in [-0.2, 0) is 0 Å². The summed E-state index contributed by atoms with van der Waals surface area (Å²) in [7, 11) is 0. The zero-order valence-corrected chi connectivity index (χ0v) is 29.2. The van der Waals surface area contributed by atoms with Gasteiger partial charge in [-0.05, 0) is 64.2 Å². The zero-order chi connectivity index (χ0) is 25.4. The maximum Gasteiger partial charge on any atom is 0.0786 e. The van der Waals surface area contributed by atoms with Gasteiger partial charge in [0.15, 0.2) is 0 Å². The molecular formula is C32H70Br2N2. The number of unbranched alkanes of at least 4 members (excludes halogenated alkanes) is 11. The van der Waals surface area contributed by atoms with Crippen LogP contribution in [0, 0.1) is 0 Å². The Bertz CT molecular complexity index is 335. The SMILES string of the molecule is CCCC[N+](CCCC)(CCCC)CCCCCCCC[N+](CCCC)(CCCC)CCCC.[Br-].[Br-]. The third kappa shape index (κ3) is 20.8. The third-order valence-corrected chi connectivity index (χ3v) is 8.43. The Hall–Kier alpha value is 0.880. The fraction of sp³-hybridized carbons (Fsp3) is 1.00. The van der Waals surface area contributed by atoms with Crippen molar-refractivity contribution in [3.05, 3.63) is 0 Å². The Balaban J connectivity index is -0.00000544. The van der Waals surface area contributed by atoms with Crippen LogP contribution in [0.5, 0.6) is 0 Å². The van der Waals surface area contributed by atoms with Crippen LogP contribution >= 0.6 is 0 Å². The van der Waals surface area contributed by atoms with Crippen LogP contribution in [0.4, 0.5) is 0 Å². The van der Waals surface area contributed by atoms with Crippen molar-refractivity contribution in [1.29, 1.82) is 0 Å². The highest BCUT2D eigenvalue weighted by atomic mass is 79.9. The molecule has 36 heavy (non-hydrogen) atoms. The first kappa shape index (κ1) is 41.4. The van der Waals surface area contributed by atoms with Gasteiger partial charge in [0.1, 0.15) is 0 Å². The first-order valence-corrected chi connectivity index (χ1v) is 16.3. The molecule has 0 bridgehead atoms. The molecular weight excluding hydrogens is 572 g/mol. The summed E-state index contributed by atoms with van der Waals surface area (Å²) in [4.78, 5) is 0. The van der Waals surface area contributed by atoms with Gasteiger partial charge in [0.25, 0.3) is 0 Å². The molecule has 0 aliphatic rings. The molecule has 0 aromatic rings. The highest BCUT2D eigenvalue weighted by molar-refractivity contribution is 4.54. The van der Waals surface area contributed by atoms with Crippen LogP contribution in [-0.4, -0.2) is 61.3 Å². The summed E-state index contributed by atoms with van der Waals surface area (Å²) in [6.07, 6.45) is 25.4. The lowest BCUT2D eigenvalue weighted by atomic mass is 10.1. The second-order valence-corrected chi connectivity index (χ2v) is 11.7. The van der Waals surface area contributed by atoms with Crippen LogP contribution < -0.4 is 34.0 Å². The smallest absolute Gasteiger partial charge is 0.0786 e. The average molecular weight is 643 g/mol. The normalized spacial score (nSPS) is 11.8. The zero-order valence-electron chi connectivity index (χ0n) is 26.0. The number of rotatable bonds is 27. The quantitative estimate of drug-likeness (QED) is 0.0947. The molecule has 0 heterocycles. The summed E-state index contributed by atoms with van der Waals surface area (Å²) in [5.41, 5.74) is 0. The molecule has 0 N–H and O–H groups in total. The molecule has 222 valence electrons. The lowest BCUT2D eigenvalue weighted by molar-refractivity contribution is -0.929. The van der Waals surface area contributed by atoms with Crippen LogP contribution in [0.25, 0.3) is 0 Å². The molecule has 0 atom stereocenters. The summed E-state index contributed by atoms with van der Waals surface area (Å²) in [5, 5.41) is 0. The predicted molar refractivity (Wildman–Crippen MR) is 157 cm³/mol. The third-order valence-electron chi connectivity index (χ3n) is 8.43. The Morgan fingerprint density at radius 3 is 0.611 bits per heavy atom. The van der Waals surface area contributed by atoms with Gasteiger partial charge in [-0.15, -0.1) is 0 Å². The minimum atomic E-state index is 0. The number of hydrogen-bond donors (Lipinski definition) is 0. The number of quaternary nitrogens is 2. The van der Waals surface area contributed by atoms with E-state index in [4.69, 9.17) is 0 Å². The van der Waals surface area contributed by atoms with Gasteiger partial charge in [-0.2, -0.15) is 0 Å². The second-order valence-electron chi connectivity index (χ2n) is 11.7. The van der Waals surface area contributed by atoms with Gasteiger partial charge >= 0.3 is 0 Å². The standard InChI is InChI=1S/C32H70N2.2BrH/c1-7-13-25-33(26-14-8-2,27-15-9-3)31-23-21-19-20-22-24-32-34(28-16-10-4,29-17-11-5)30-18-12-6;;/h7-32H2,1-6H3;2*1H/q+2;;/p-2. The molecule has 0 aromatic heterocycles.